The zero-order valence-corrected chi connectivity index (χ0v) is 21.3. The molecule has 1 aromatic heterocycles. The fourth-order valence-corrected chi connectivity index (χ4v) is 5.82. The fraction of sp³-hybridized carbons (Fsp3) is 0.471. The zero-order chi connectivity index (χ0) is 21.8. The number of rotatable bonds is 10. The van der Waals surface area contributed by atoms with Gasteiger partial charge in [-0.2, -0.15) is 0 Å². The quantitative estimate of drug-likeness (QED) is 0.440. The summed E-state index contributed by atoms with van der Waals surface area (Å²) in [4.78, 5) is 16.7. The van der Waals surface area contributed by atoms with Gasteiger partial charge in [-0.1, -0.05) is 11.6 Å². The maximum atomic E-state index is 13.0. The van der Waals surface area contributed by atoms with E-state index in [2.05, 4.69) is 9.71 Å². The highest BCUT2D eigenvalue weighted by atomic mass is 79.9. The van der Waals surface area contributed by atoms with E-state index in [0.717, 1.165) is 0 Å². The van der Waals surface area contributed by atoms with Gasteiger partial charge < -0.3 is 18.9 Å². The molecule has 0 spiro atoms. The van der Waals surface area contributed by atoms with Crippen molar-refractivity contribution >= 4 is 62.4 Å². The first-order valence-electron chi connectivity index (χ1n) is 8.94. The van der Waals surface area contributed by atoms with Crippen LogP contribution in [0.3, 0.4) is 0 Å². The monoisotopic (exact) mass is 545 g/mol. The number of H-pyrrole nitrogens is 1. The first-order valence-corrected chi connectivity index (χ1v) is 12.3. The molecule has 30 heavy (non-hydrogen) atoms. The van der Waals surface area contributed by atoms with Crippen LogP contribution in [-0.4, -0.2) is 58.7 Å². The molecule has 0 saturated heterocycles. The molecule has 0 amide bonds. The van der Waals surface area contributed by atoms with Crippen LogP contribution < -0.4 is 15.6 Å². The lowest BCUT2D eigenvalue weighted by Crippen LogP contribution is -2.31. The summed E-state index contributed by atoms with van der Waals surface area (Å²) in [6.07, 6.45) is 0. The Morgan fingerprint density at radius 3 is 2.30 bits per heavy atom. The third kappa shape index (κ3) is 6.37. The molecule has 0 radical (unpaired) electrons. The van der Waals surface area contributed by atoms with Gasteiger partial charge >= 0.3 is 7.60 Å². The van der Waals surface area contributed by atoms with Gasteiger partial charge in [0.15, 0.2) is 0 Å². The van der Waals surface area contributed by atoms with Gasteiger partial charge in [0.25, 0.3) is 5.56 Å². The lowest BCUT2D eigenvalue weighted by Gasteiger charge is -2.17. The number of hydrogen-bond donors (Lipinski definition) is 2. The largest absolute Gasteiger partial charge is 0.366 e. The van der Waals surface area contributed by atoms with E-state index >= 15 is 0 Å². The molecule has 1 aromatic carbocycles. The van der Waals surface area contributed by atoms with Crippen molar-refractivity contribution in [2.75, 3.05) is 40.4 Å². The number of fused-ring (bicyclic) bond motifs is 1. The molecule has 2 rings (SSSR count). The molecule has 0 saturated carbocycles. The van der Waals surface area contributed by atoms with Gasteiger partial charge in [-0.15, -0.1) is 17.0 Å². The van der Waals surface area contributed by atoms with Crippen LogP contribution in [0.4, 0.5) is 0 Å². The fourth-order valence-electron chi connectivity index (χ4n) is 2.60. The van der Waals surface area contributed by atoms with Crippen molar-refractivity contribution < 1.29 is 22.0 Å². The second-order valence-corrected chi connectivity index (χ2v) is 10.5. The molecule has 0 aliphatic heterocycles. The highest BCUT2D eigenvalue weighted by Crippen LogP contribution is 2.46. The number of nitrogens with one attached hydrogen (secondary N) is 2. The van der Waals surface area contributed by atoms with Crippen LogP contribution in [0.1, 0.15) is 13.8 Å². The van der Waals surface area contributed by atoms with Gasteiger partial charge in [-0.3, -0.25) is 9.36 Å². The van der Waals surface area contributed by atoms with E-state index in [0.29, 0.717) is 17.4 Å². The van der Waals surface area contributed by atoms with Crippen LogP contribution >= 0.6 is 36.2 Å². The van der Waals surface area contributed by atoms with E-state index in [1.54, 1.807) is 13.8 Å². The van der Waals surface area contributed by atoms with Crippen molar-refractivity contribution in [2.24, 2.45) is 0 Å². The van der Waals surface area contributed by atoms with Crippen molar-refractivity contribution in [1.82, 2.24) is 14.6 Å². The Labute approximate surface area is 191 Å². The Kier molecular flexibility index (Phi) is 10.2. The first-order chi connectivity index (χ1) is 13.5. The van der Waals surface area contributed by atoms with Gasteiger partial charge in [0.2, 0.25) is 10.0 Å². The number of aromatic nitrogens is 1. The molecule has 2 aromatic rings. The molecule has 0 aliphatic carbocycles. The van der Waals surface area contributed by atoms with Crippen LogP contribution in [0.15, 0.2) is 27.9 Å². The molecular formula is C17H26BrClN3O6PS. The van der Waals surface area contributed by atoms with Crippen molar-refractivity contribution in [3.05, 3.63) is 33.6 Å². The lowest BCUT2D eigenvalue weighted by atomic mass is 10.2. The summed E-state index contributed by atoms with van der Waals surface area (Å²) in [5.41, 5.74) is -0.353. The van der Waals surface area contributed by atoms with E-state index in [1.807, 2.05) is 19.0 Å². The first kappa shape index (κ1) is 27.3. The second-order valence-electron chi connectivity index (χ2n) is 6.39. The number of halogens is 2. The van der Waals surface area contributed by atoms with Crippen molar-refractivity contribution in [2.45, 2.75) is 18.7 Å². The van der Waals surface area contributed by atoms with Crippen LogP contribution in [-0.2, 0) is 23.6 Å². The summed E-state index contributed by atoms with van der Waals surface area (Å²) in [6.45, 7) is 4.11. The summed E-state index contributed by atoms with van der Waals surface area (Å²) in [7, 11) is -4.10. The number of hydrogen-bond acceptors (Lipinski definition) is 7. The molecule has 13 heteroatoms. The number of nitrogens with zero attached hydrogens (tertiary/aromatic N) is 1. The lowest BCUT2D eigenvalue weighted by molar-refractivity contribution is 0.229. The minimum Gasteiger partial charge on any atom is -0.321 e. The van der Waals surface area contributed by atoms with Crippen molar-refractivity contribution in [1.29, 1.82) is 0 Å². The maximum absolute atomic E-state index is 13.0. The number of pyridine rings is 1. The molecular weight excluding hydrogens is 521 g/mol. The maximum Gasteiger partial charge on any atom is 0.366 e. The number of aromatic amines is 1. The third-order valence-corrected chi connectivity index (χ3v) is 7.96. The minimum atomic E-state index is -3.89. The van der Waals surface area contributed by atoms with E-state index < -0.39 is 23.2 Å². The van der Waals surface area contributed by atoms with Gasteiger partial charge in [-0.25, -0.2) is 13.1 Å². The highest BCUT2D eigenvalue weighted by Gasteiger charge is 2.31. The minimum absolute atomic E-state index is 0. The molecule has 0 fully saturated rings. The predicted octanol–water partition coefficient (Wildman–Crippen LogP) is 2.49. The molecule has 170 valence electrons. The molecule has 1 heterocycles. The van der Waals surface area contributed by atoms with Gasteiger partial charge in [0.05, 0.1) is 18.2 Å². The zero-order valence-electron chi connectivity index (χ0n) is 17.1. The van der Waals surface area contributed by atoms with Crippen LogP contribution in [0.2, 0.25) is 5.02 Å². The smallest absolute Gasteiger partial charge is 0.321 e. The summed E-state index contributed by atoms with van der Waals surface area (Å²) in [5, 5.41) is 0.0904. The Morgan fingerprint density at radius 2 is 1.77 bits per heavy atom. The summed E-state index contributed by atoms with van der Waals surface area (Å²) < 4.78 is 51.2. The van der Waals surface area contributed by atoms with Gasteiger partial charge in [-0.05, 0) is 46.1 Å². The average molecular weight is 547 g/mol. The Hall–Kier alpha value is -0.780. The molecule has 9 nitrogen and oxygen atoms in total. The molecule has 0 unspecified atom stereocenters. The summed E-state index contributed by atoms with van der Waals surface area (Å²) in [6, 6.07) is 3.97. The molecule has 0 atom stereocenters. The Balaban J connectivity index is 0.00000450. The summed E-state index contributed by atoms with van der Waals surface area (Å²) >= 11 is 6.15. The number of benzene rings is 1. The standard InChI is InChI=1S/C17H25ClN3O6PS.BrH/c1-5-26-28(23,27-6-2)15-9-12-10-16(13(18)11-14(12)20-17(15)22)29(24,25)19-7-8-21(3)4;/h9-11,19H,5-8H2,1-4H3,(H,20,22);1H. The predicted molar refractivity (Wildman–Crippen MR) is 124 cm³/mol. The Morgan fingerprint density at radius 1 is 1.17 bits per heavy atom. The topological polar surface area (TPSA) is 118 Å². The SMILES string of the molecule is Br.CCOP(=O)(OCC)c1cc2cc(S(=O)(=O)NCCN(C)C)c(Cl)cc2[nH]c1=O. The van der Waals surface area contributed by atoms with Crippen molar-refractivity contribution in [3.63, 3.8) is 0 Å². The van der Waals surface area contributed by atoms with E-state index in [1.165, 1.54) is 18.2 Å². The van der Waals surface area contributed by atoms with E-state index in [9.17, 15) is 17.8 Å². The van der Waals surface area contributed by atoms with Crippen LogP contribution in [0.5, 0.6) is 0 Å². The van der Waals surface area contributed by atoms with Crippen LogP contribution in [0, 0.1) is 0 Å². The summed E-state index contributed by atoms with van der Waals surface area (Å²) in [5.74, 6) is 0. The molecule has 0 bridgehead atoms. The van der Waals surface area contributed by atoms with E-state index in [-0.39, 0.29) is 52.0 Å². The molecule has 0 aliphatic rings. The van der Waals surface area contributed by atoms with E-state index in [4.69, 9.17) is 20.6 Å². The number of likely N-dealkylation sites (N-methyl/N-ethyl adjacent to an activating group) is 1. The van der Waals surface area contributed by atoms with Gasteiger partial charge in [0.1, 0.15) is 10.2 Å². The average Bonchev–Trinajstić information content (AvgIpc) is 2.60. The number of sulfonamides is 1. The second kappa shape index (κ2) is 11.2. The van der Waals surface area contributed by atoms with Gasteiger partial charge in [0, 0.05) is 24.0 Å². The van der Waals surface area contributed by atoms with Crippen molar-refractivity contribution in [3.8, 4) is 0 Å². The molecule has 2 N–H and O–H groups in total. The highest BCUT2D eigenvalue weighted by molar-refractivity contribution is 8.93. The normalized spacial score (nSPS) is 12.3. The Bertz CT molecular complexity index is 1080. The third-order valence-electron chi connectivity index (χ3n) is 3.91. The van der Waals surface area contributed by atoms with Crippen LogP contribution in [0.25, 0.3) is 10.9 Å².